The molecule has 1 aromatic carbocycles. The Morgan fingerprint density at radius 2 is 2.24 bits per heavy atom. The molecule has 1 aliphatic heterocycles. The highest BCUT2D eigenvalue weighted by Gasteiger charge is 2.21. The summed E-state index contributed by atoms with van der Waals surface area (Å²) in [7, 11) is 0. The fourth-order valence-electron chi connectivity index (χ4n) is 2.25. The normalized spacial score (nSPS) is 19.6. The molecule has 1 fully saturated rings. The number of nitrogens with zero attached hydrogens (tertiary/aromatic N) is 1. The Balaban J connectivity index is 2.12. The lowest BCUT2D eigenvalue weighted by Gasteiger charge is -2.21. The van der Waals surface area contributed by atoms with Crippen LogP contribution in [-0.2, 0) is 11.2 Å². The van der Waals surface area contributed by atoms with Gasteiger partial charge in [0.25, 0.3) is 0 Å². The van der Waals surface area contributed by atoms with Crippen LogP contribution >= 0.6 is 0 Å². The predicted octanol–water partition coefficient (Wildman–Crippen LogP) is 0.675. The van der Waals surface area contributed by atoms with E-state index in [1.165, 1.54) is 0 Å². The highest BCUT2D eigenvalue weighted by molar-refractivity contribution is 5.74. The zero-order valence-electron chi connectivity index (χ0n) is 9.80. The van der Waals surface area contributed by atoms with Crippen LogP contribution in [0.15, 0.2) is 24.3 Å². The molecule has 17 heavy (non-hydrogen) atoms. The summed E-state index contributed by atoms with van der Waals surface area (Å²) in [5, 5.41) is 9.55. The SMILES string of the molecule is NC(=O)CCc1ccccc1N1CCC(O)C1. The maximum Gasteiger partial charge on any atom is 0.217 e. The molecule has 1 saturated heterocycles. The first kappa shape index (κ1) is 11.9. The number of primary amides is 1. The van der Waals surface area contributed by atoms with Crippen molar-refractivity contribution in [2.24, 2.45) is 5.73 Å². The number of carbonyl (C=O) groups excluding carboxylic acids is 1. The Labute approximate surface area is 101 Å². The lowest BCUT2D eigenvalue weighted by Crippen LogP contribution is -2.22. The van der Waals surface area contributed by atoms with E-state index in [0.717, 1.165) is 24.2 Å². The van der Waals surface area contributed by atoms with Gasteiger partial charge in [-0.05, 0) is 24.5 Å². The minimum Gasteiger partial charge on any atom is -0.391 e. The Bertz CT molecular complexity index is 406. The highest BCUT2D eigenvalue weighted by Crippen LogP contribution is 2.25. The van der Waals surface area contributed by atoms with Crippen molar-refractivity contribution >= 4 is 11.6 Å². The van der Waals surface area contributed by atoms with Crippen LogP contribution < -0.4 is 10.6 Å². The van der Waals surface area contributed by atoms with Crippen LogP contribution in [0.5, 0.6) is 0 Å². The number of benzene rings is 1. The molecule has 1 atom stereocenters. The minimum absolute atomic E-state index is 0.237. The van der Waals surface area contributed by atoms with Crippen LogP contribution in [0, 0.1) is 0 Å². The second-order valence-corrected chi connectivity index (χ2v) is 4.48. The van der Waals surface area contributed by atoms with Crippen LogP contribution in [0.25, 0.3) is 0 Å². The first-order valence-electron chi connectivity index (χ1n) is 5.96. The van der Waals surface area contributed by atoms with Gasteiger partial charge in [0.05, 0.1) is 6.10 Å². The molecule has 0 bridgehead atoms. The van der Waals surface area contributed by atoms with Crippen molar-refractivity contribution in [3.63, 3.8) is 0 Å². The number of nitrogens with two attached hydrogens (primary N) is 1. The molecule has 0 spiro atoms. The van der Waals surface area contributed by atoms with Gasteiger partial charge in [0.1, 0.15) is 0 Å². The van der Waals surface area contributed by atoms with Gasteiger partial charge in [-0.2, -0.15) is 0 Å². The van der Waals surface area contributed by atoms with Gasteiger partial charge in [0.2, 0.25) is 5.91 Å². The first-order valence-corrected chi connectivity index (χ1v) is 5.96. The summed E-state index contributed by atoms with van der Waals surface area (Å²) in [6, 6.07) is 8.00. The number of β-amino-alcohol motifs (C(OH)–C–C–N with tert-alkyl or cyclic N) is 1. The Kier molecular flexibility index (Phi) is 3.64. The molecule has 0 aliphatic carbocycles. The van der Waals surface area contributed by atoms with E-state index >= 15 is 0 Å². The summed E-state index contributed by atoms with van der Waals surface area (Å²) in [6.07, 6.45) is 1.61. The van der Waals surface area contributed by atoms with Gasteiger partial charge in [0, 0.05) is 25.2 Å². The Morgan fingerprint density at radius 1 is 1.47 bits per heavy atom. The maximum atomic E-state index is 10.8. The second kappa shape index (κ2) is 5.19. The van der Waals surface area contributed by atoms with Gasteiger partial charge in [-0.3, -0.25) is 4.79 Å². The van der Waals surface area contributed by atoms with Crippen LogP contribution in [0.1, 0.15) is 18.4 Å². The quantitative estimate of drug-likeness (QED) is 0.805. The zero-order valence-corrected chi connectivity index (χ0v) is 9.80. The number of carbonyl (C=O) groups is 1. The van der Waals surface area contributed by atoms with Gasteiger partial charge >= 0.3 is 0 Å². The zero-order chi connectivity index (χ0) is 12.3. The van der Waals surface area contributed by atoms with Crippen molar-refractivity contribution in [2.75, 3.05) is 18.0 Å². The topological polar surface area (TPSA) is 66.6 Å². The van der Waals surface area contributed by atoms with Crippen molar-refractivity contribution < 1.29 is 9.90 Å². The molecule has 4 nitrogen and oxygen atoms in total. The number of aliphatic hydroxyl groups is 1. The predicted molar refractivity (Wildman–Crippen MR) is 66.8 cm³/mol. The van der Waals surface area contributed by atoms with E-state index in [4.69, 9.17) is 5.73 Å². The lowest BCUT2D eigenvalue weighted by atomic mass is 10.1. The molecule has 4 heteroatoms. The molecule has 1 unspecified atom stereocenters. The van der Waals surface area contributed by atoms with Gasteiger partial charge in [-0.25, -0.2) is 0 Å². The molecule has 1 heterocycles. The standard InChI is InChI=1S/C13H18N2O2/c14-13(17)6-5-10-3-1-2-4-12(10)15-8-7-11(16)9-15/h1-4,11,16H,5-9H2,(H2,14,17). The molecule has 3 N–H and O–H groups in total. The van der Waals surface area contributed by atoms with Crippen molar-refractivity contribution in [1.82, 2.24) is 0 Å². The van der Waals surface area contributed by atoms with Crippen molar-refractivity contribution in [1.29, 1.82) is 0 Å². The summed E-state index contributed by atoms with van der Waals surface area (Å²) in [5.74, 6) is -0.277. The fraction of sp³-hybridized carbons (Fsp3) is 0.462. The van der Waals surface area contributed by atoms with E-state index < -0.39 is 0 Å². The Hall–Kier alpha value is -1.55. The average Bonchev–Trinajstić information content (AvgIpc) is 2.73. The minimum atomic E-state index is -0.277. The molecule has 0 aromatic heterocycles. The molecular weight excluding hydrogens is 216 g/mol. The number of anilines is 1. The Morgan fingerprint density at radius 3 is 2.88 bits per heavy atom. The maximum absolute atomic E-state index is 10.8. The average molecular weight is 234 g/mol. The summed E-state index contributed by atoms with van der Waals surface area (Å²) in [6.45, 7) is 1.54. The van der Waals surface area contributed by atoms with E-state index in [2.05, 4.69) is 4.90 Å². The summed E-state index contributed by atoms with van der Waals surface area (Å²) >= 11 is 0. The molecule has 0 saturated carbocycles. The molecule has 1 aliphatic rings. The third-order valence-electron chi connectivity index (χ3n) is 3.14. The summed E-state index contributed by atoms with van der Waals surface area (Å²) < 4.78 is 0. The second-order valence-electron chi connectivity index (χ2n) is 4.48. The molecular formula is C13H18N2O2. The van der Waals surface area contributed by atoms with E-state index in [1.807, 2.05) is 24.3 Å². The van der Waals surface area contributed by atoms with Crippen molar-refractivity contribution in [3.8, 4) is 0 Å². The van der Waals surface area contributed by atoms with Crippen LogP contribution in [0.4, 0.5) is 5.69 Å². The summed E-state index contributed by atoms with van der Waals surface area (Å²) in [5.41, 5.74) is 7.41. The van der Waals surface area contributed by atoms with E-state index in [9.17, 15) is 9.90 Å². The van der Waals surface area contributed by atoms with Crippen molar-refractivity contribution in [2.45, 2.75) is 25.4 Å². The van der Waals surface area contributed by atoms with Gasteiger partial charge in [-0.1, -0.05) is 18.2 Å². The number of aryl methyl sites for hydroxylation is 1. The van der Waals surface area contributed by atoms with Crippen LogP contribution in [0.2, 0.25) is 0 Å². The fourth-order valence-corrected chi connectivity index (χ4v) is 2.25. The number of aliphatic hydroxyl groups excluding tert-OH is 1. The van der Waals surface area contributed by atoms with E-state index in [-0.39, 0.29) is 12.0 Å². The third-order valence-corrected chi connectivity index (χ3v) is 3.14. The van der Waals surface area contributed by atoms with E-state index in [0.29, 0.717) is 19.4 Å². The van der Waals surface area contributed by atoms with Crippen molar-refractivity contribution in [3.05, 3.63) is 29.8 Å². The monoisotopic (exact) mass is 234 g/mol. The molecule has 1 amide bonds. The van der Waals surface area contributed by atoms with Gasteiger partial charge < -0.3 is 15.7 Å². The highest BCUT2D eigenvalue weighted by atomic mass is 16.3. The third kappa shape index (κ3) is 2.97. The number of para-hydroxylation sites is 1. The van der Waals surface area contributed by atoms with E-state index in [1.54, 1.807) is 0 Å². The summed E-state index contributed by atoms with van der Waals surface area (Å²) in [4.78, 5) is 13.0. The largest absolute Gasteiger partial charge is 0.391 e. The molecule has 0 radical (unpaired) electrons. The number of amides is 1. The number of hydrogen-bond donors (Lipinski definition) is 2. The van der Waals surface area contributed by atoms with Gasteiger partial charge in [0.15, 0.2) is 0 Å². The first-order chi connectivity index (χ1) is 8.16. The van der Waals surface area contributed by atoms with Crippen LogP contribution in [0.3, 0.4) is 0 Å². The number of hydrogen-bond acceptors (Lipinski definition) is 3. The lowest BCUT2D eigenvalue weighted by molar-refractivity contribution is -0.117. The molecule has 2 rings (SSSR count). The molecule has 92 valence electrons. The smallest absolute Gasteiger partial charge is 0.217 e. The number of rotatable bonds is 4. The van der Waals surface area contributed by atoms with Gasteiger partial charge in [-0.15, -0.1) is 0 Å². The van der Waals surface area contributed by atoms with Crippen LogP contribution in [-0.4, -0.2) is 30.2 Å². The molecule has 1 aromatic rings.